The second-order valence-electron chi connectivity index (χ2n) is 6.20. The predicted octanol–water partition coefficient (Wildman–Crippen LogP) is 4.06. The molecular weight excluding hydrogens is 384 g/mol. The molecule has 3 aromatic rings. The third-order valence-corrected chi connectivity index (χ3v) is 4.35. The molecule has 0 fully saturated rings. The Morgan fingerprint density at radius 3 is 2.36 bits per heavy atom. The van der Waals surface area contributed by atoms with Gasteiger partial charge in [0.2, 0.25) is 0 Å². The highest BCUT2D eigenvalue weighted by Gasteiger charge is 2.21. The number of nitrogens with one attached hydrogen (secondary N) is 1. The average Bonchev–Trinajstić information content (AvgIpc) is 3.10. The highest BCUT2D eigenvalue weighted by molar-refractivity contribution is 6.31. The summed E-state index contributed by atoms with van der Waals surface area (Å²) >= 11 is 5.97. The van der Waals surface area contributed by atoms with E-state index in [0.29, 0.717) is 27.5 Å². The summed E-state index contributed by atoms with van der Waals surface area (Å²) in [6.07, 6.45) is 0. The van der Waals surface area contributed by atoms with Crippen LogP contribution in [0.2, 0.25) is 5.02 Å². The molecule has 0 aliphatic rings. The molecule has 2 aromatic carbocycles. The maximum atomic E-state index is 12.7. The zero-order valence-electron chi connectivity index (χ0n) is 15.8. The van der Waals surface area contributed by atoms with E-state index in [2.05, 4.69) is 5.32 Å². The number of methoxy groups -OCH3 is 2. The van der Waals surface area contributed by atoms with Crippen molar-refractivity contribution in [3.8, 4) is 11.5 Å². The molecule has 1 aromatic heterocycles. The third-order valence-electron chi connectivity index (χ3n) is 4.11. The van der Waals surface area contributed by atoms with Gasteiger partial charge in [0.1, 0.15) is 5.58 Å². The quantitative estimate of drug-likeness (QED) is 0.696. The summed E-state index contributed by atoms with van der Waals surface area (Å²) in [5.74, 6) is 0.0452. The topological polar surface area (TPSA) is 81.0 Å². The molecule has 0 saturated carbocycles. The van der Waals surface area contributed by atoms with Crippen LogP contribution in [0.25, 0.3) is 11.0 Å². The average molecular weight is 403 g/mol. The van der Waals surface area contributed by atoms with Gasteiger partial charge in [-0.25, -0.2) is 0 Å². The van der Waals surface area contributed by atoms with Crippen molar-refractivity contribution in [2.45, 2.75) is 0 Å². The van der Waals surface area contributed by atoms with Crippen LogP contribution in [0.5, 0.6) is 11.5 Å². The van der Waals surface area contributed by atoms with E-state index < -0.39 is 5.91 Å². The number of fused-ring (bicyclic) bond motifs is 1. The van der Waals surface area contributed by atoms with Gasteiger partial charge in [-0.1, -0.05) is 11.6 Å². The Labute approximate surface area is 166 Å². The Balaban J connectivity index is 2.01. The molecule has 2 amide bonds. The minimum Gasteiger partial charge on any atom is -0.493 e. The van der Waals surface area contributed by atoms with E-state index in [1.54, 1.807) is 38.4 Å². The van der Waals surface area contributed by atoms with Gasteiger partial charge < -0.3 is 24.1 Å². The Morgan fingerprint density at radius 2 is 1.71 bits per heavy atom. The maximum Gasteiger partial charge on any atom is 0.291 e. The van der Waals surface area contributed by atoms with Crippen molar-refractivity contribution in [1.29, 1.82) is 0 Å². The number of furan rings is 1. The first kappa shape index (κ1) is 19.6. The predicted molar refractivity (Wildman–Crippen MR) is 107 cm³/mol. The fraction of sp³-hybridized carbons (Fsp3) is 0.200. The molecule has 1 N–H and O–H groups in total. The second kappa shape index (κ2) is 7.82. The van der Waals surface area contributed by atoms with E-state index in [1.807, 2.05) is 0 Å². The van der Waals surface area contributed by atoms with E-state index in [-0.39, 0.29) is 22.9 Å². The minimum absolute atomic E-state index is 0.0929. The first-order valence-electron chi connectivity index (χ1n) is 8.32. The van der Waals surface area contributed by atoms with Gasteiger partial charge in [0.15, 0.2) is 17.3 Å². The molecule has 7 nitrogen and oxygen atoms in total. The molecule has 0 aliphatic heterocycles. The van der Waals surface area contributed by atoms with Crippen molar-refractivity contribution in [1.82, 2.24) is 4.90 Å². The fourth-order valence-corrected chi connectivity index (χ4v) is 2.89. The van der Waals surface area contributed by atoms with Crippen molar-refractivity contribution >= 4 is 40.1 Å². The zero-order valence-corrected chi connectivity index (χ0v) is 16.6. The van der Waals surface area contributed by atoms with E-state index in [1.165, 1.54) is 31.3 Å². The second-order valence-corrected chi connectivity index (χ2v) is 6.64. The number of rotatable bonds is 5. The molecule has 0 aliphatic carbocycles. The molecule has 0 spiro atoms. The maximum absolute atomic E-state index is 12.7. The largest absolute Gasteiger partial charge is 0.493 e. The molecule has 3 rings (SSSR count). The third kappa shape index (κ3) is 3.75. The highest BCUT2D eigenvalue weighted by atomic mass is 35.5. The standard InChI is InChI=1S/C20H19ClN2O5/c1-23(2)20(25)13-9-16(26-3)17(27-4)10-14(13)22-19(24)18-8-11-7-12(21)5-6-15(11)28-18/h5-10H,1-4H3,(H,22,24). The van der Waals surface area contributed by atoms with Crippen LogP contribution in [-0.2, 0) is 0 Å². The number of hydrogen-bond donors (Lipinski definition) is 1. The van der Waals surface area contributed by atoms with Crippen LogP contribution < -0.4 is 14.8 Å². The van der Waals surface area contributed by atoms with Gasteiger partial charge in [0, 0.05) is 30.6 Å². The minimum atomic E-state index is -0.507. The highest BCUT2D eigenvalue weighted by Crippen LogP contribution is 2.34. The lowest BCUT2D eigenvalue weighted by Crippen LogP contribution is -2.24. The molecule has 1 heterocycles. The summed E-state index contributed by atoms with van der Waals surface area (Å²) in [7, 11) is 6.18. The first-order chi connectivity index (χ1) is 13.3. The number of ether oxygens (including phenoxy) is 2. The molecule has 0 saturated heterocycles. The van der Waals surface area contributed by atoms with Crippen LogP contribution in [-0.4, -0.2) is 45.0 Å². The van der Waals surface area contributed by atoms with Gasteiger partial charge in [-0.15, -0.1) is 0 Å². The number of nitrogens with zero attached hydrogens (tertiary/aromatic N) is 1. The summed E-state index contributed by atoms with van der Waals surface area (Å²) in [5, 5.41) is 3.96. The normalized spacial score (nSPS) is 10.6. The molecule has 0 bridgehead atoms. The number of amides is 2. The van der Waals surface area contributed by atoms with Gasteiger partial charge in [0.25, 0.3) is 11.8 Å². The number of anilines is 1. The summed E-state index contributed by atoms with van der Waals surface area (Å²) in [4.78, 5) is 26.7. The number of halogens is 1. The van der Waals surface area contributed by atoms with E-state index in [0.717, 1.165) is 0 Å². The Kier molecular flexibility index (Phi) is 5.46. The molecule has 0 radical (unpaired) electrons. The lowest BCUT2D eigenvalue weighted by Gasteiger charge is -2.17. The summed E-state index contributed by atoms with van der Waals surface area (Å²) in [6.45, 7) is 0. The van der Waals surface area contributed by atoms with E-state index in [4.69, 9.17) is 25.5 Å². The molecule has 0 atom stereocenters. The molecule has 0 unspecified atom stereocenters. The van der Waals surface area contributed by atoms with Gasteiger partial charge >= 0.3 is 0 Å². The SMILES string of the molecule is COc1cc(NC(=O)c2cc3cc(Cl)ccc3o2)c(C(=O)N(C)C)cc1OC. The summed E-state index contributed by atoms with van der Waals surface area (Å²) in [6, 6.07) is 9.71. The zero-order chi connectivity index (χ0) is 20.4. The fourth-order valence-electron chi connectivity index (χ4n) is 2.71. The Hall–Kier alpha value is -3.19. The molecular formula is C20H19ClN2O5. The number of carbonyl (C=O) groups is 2. The van der Waals surface area contributed by atoms with Crippen molar-refractivity contribution in [3.63, 3.8) is 0 Å². The van der Waals surface area contributed by atoms with Gasteiger partial charge in [-0.3, -0.25) is 9.59 Å². The first-order valence-corrected chi connectivity index (χ1v) is 8.70. The molecule has 28 heavy (non-hydrogen) atoms. The Morgan fingerprint density at radius 1 is 1.04 bits per heavy atom. The van der Waals surface area contributed by atoms with Crippen LogP contribution in [0.3, 0.4) is 0 Å². The van der Waals surface area contributed by atoms with Crippen molar-refractivity contribution < 1.29 is 23.5 Å². The molecule has 146 valence electrons. The van der Waals surface area contributed by atoms with E-state index >= 15 is 0 Å². The van der Waals surface area contributed by atoms with Gasteiger partial charge in [0.05, 0.1) is 25.5 Å². The van der Waals surface area contributed by atoms with Crippen LogP contribution in [0.4, 0.5) is 5.69 Å². The van der Waals surface area contributed by atoms with Crippen LogP contribution in [0, 0.1) is 0 Å². The van der Waals surface area contributed by atoms with Crippen LogP contribution >= 0.6 is 11.6 Å². The lowest BCUT2D eigenvalue weighted by molar-refractivity contribution is 0.0828. The number of hydrogen-bond acceptors (Lipinski definition) is 5. The van der Waals surface area contributed by atoms with Crippen LogP contribution in [0.1, 0.15) is 20.9 Å². The van der Waals surface area contributed by atoms with Gasteiger partial charge in [-0.05, 0) is 30.3 Å². The van der Waals surface area contributed by atoms with Crippen LogP contribution in [0.15, 0.2) is 40.8 Å². The lowest BCUT2D eigenvalue weighted by atomic mass is 10.1. The Bertz CT molecular complexity index is 1060. The van der Waals surface area contributed by atoms with Gasteiger partial charge in [-0.2, -0.15) is 0 Å². The summed E-state index contributed by atoms with van der Waals surface area (Å²) in [5.41, 5.74) is 1.07. The monoisotopic (exact) mass is 402 g/mol. The molecule has 8 heteroatoms. The van der Waals surface area contributed by atoms with Crippen molar-refractivity contribution in [3.05, 3.63) is 52.7 Å². The smallest absolute Gasteiger partial charge is 0.291 e. The van der Waals surface area contributed by atoms with E-state index in [9.17, 15) is 9.59 Å². The number of benzene rings is 2. The summed E-state index contributed by atoms with van der Waals surface area (Å²) < 4.78 is 16.1. The van der Waals surface area contributed by atoms with Crippen molar-refractivity contribution in [2.75, 3.05) is 33.6 Å². The van der Waals surface area contributed by atoms with Crippen molar-refractivity contribution in [2.24, 2.45) is 0 Å². The number of carbonyl (C=O) groups excluding carboxylic acids is 2.